The molecule has 0 aliphatic carbocycles. The minimum Gasteiger partial charge on any atom is -0.482 e. The molecule has 2 heterocycles. The Kier molecular flexibility index (Phi) is 4.43. The Hall–Kier alpha value is -2.17. The third-order valence-corrected chi connectivity index (χ3v) is 5.67. The van der Waals surface area contributed by atoms with E-state index in [0.717, 1.165) is 4.90 Å². The van der Waals surface area contributed by atoms with Crippen LogP contribution >= 0.6 is 0 Å². The van der Waals surface area contributed by atoms with Crippen molar-refractivity contribution in [2.45, 2.75) is 4.90 Å². The highest BCUT2D eigenvalue weighted by Gasteiger charge is 2.31. The van der Waals surface area contributed by atoms with E-state index in [1.54, 1.807) is 0 Å². The summed E-state index contributed by atoms with van der Waals surface area (Å²) >= 11 is 0. The Bertz CT molecular complexity index is 771. The molecule has 0 aromatic heterocycles. The fourth-order valence-corrected chi connectivity index (χ4v) is 4.02. The van der Waals surface area contributed by atoms with Crippen LogP contribution in [-0.4, -0.2) is 69.2 Å². The molecule has 0 bridgehead atoms. The molecule has 0 unspecified atom stereocenters. The average Bonchev–Trinajstić information content (AvgIpc) is 2.57. The molecule has 1 saturated heterocycles. The second kappa shape index (κ2) is 6.38. The van der Waals surface area contributed by atoms with E-state index in [9.17, 15) is 18.0 Å². The smallest absolute Gasteiger partial charge is 0.323 e. The fraction of sp³-hybridized carbons (Fsp3) is 0.429. The number of carboxylic acids is 1. The minimum absolute atomic E-state index is 0.0168. The quantitative estimate of drug-likeness (QED) is 0.775. The van der Waals surface area contributed by atoms with Crippen molar-refractivity contribution in [1.29, 1.82) is 0 Å². The molecule has 1 N–H and O–H groups in total. The number of carboxylic acid groups (broad SMARTS) is 1. The van der Waals surface area contributed by atoms with Crippen molar-refractivity contribution in [3.8, 4) is 5.75 Å². The van der Waals surface area contributed by atoms with Crippen molar-refractivity contribution in [3.63, 3.8) is 0 Å². The Morgan fingerprint density at radius 1 is 1.25 bits per heavy atom. The minimum atomic E-state index is -3.75. The highest BCUT2D eigenvalue weighted by atomic mass is 32.2. The van der Waals surface area contributed by atoms with Gasteiger partial charge in [-0.15, -0.1) is 0 Å². The molecule has 130 valence electrons. The topological polar surface area (TPSA) is 113 Å². The number of carbonyl (C=O) groups is 2. The van der Waals surface area contributed by atoms with E-state index in [-0.39, 0.29) is 36.0 Å². The van der Waals surface area contributed by atoms with Gasteiger partial charge in [-0.2, -0.15) is 4.31 Å². The van der Waals surface area contributed by atoms with Crippen LogP contribution in [0.15, 0.2) is 23.1 Å². The van der Waals surface area contributed by atoms with Gasteiger partial charge in [-0.25, -0.2) is 8.42 Å². The number of hydrogen-bond acceptors (Lipinski definition) is 6. The van der Waals surface area contributed by atoms with Crippen LogP contribution in [0.1, 0.15) is 0 Å². The van der Waals surface area contributed by atoms with E-state index in [4.69, 9.17) is 14.6 Å². The van der Waals surface area contributed by atoms with Crippen LogP contribution in [0.4, 0.5) is 5.69 Å². The average molecular weight is 356 g/mol. The molecular formula is C14H16N2O7S. The molecule has 9 nitrogen and oxygen atoms in total. The number of morpholine rings is 1. The molecule has 1 aromatic carbocycles. The Balaban J connectivity index is 1.98. The maximum atomic E-state index is 12.7. The van der Waals surface area contributed by atoms with Gasteiger partial charge in [0, 0.05) is 13.1 Å². The number of amides is 1. The molecule has 0 spiro atoms. The van der Waals surface area contributed by atoms with Gasteiger partial charge >= 0.3 is 5.97 Å². The predicted octanol–water partition coefficient (Wildman–Crippen LogP) is -0.483. The third-order valence-electron chi connectivity index (χ3n) is 3.77. The molecule has 1 fully saturated rings. The van der Waals surface area contributed by atoms with Crippen LogP contribution < -0.4 is 9.64 Å². The zero-order chi connectivity index (χ0) is 17.3. The van der Waals surface area contributed by atoms with Crippen LogP contribution in [0.25, 0.3) is 0 Å². The molecule has 1 aromatic rings. The van der Waals surface area contributed by atoms with Gasteiger partial charge in [-0.1, -0.05) is 0 Å². The lowest BCUT2D eigenvalue weighted by Gasteiger charge is -2.30. The van der Waals surface area contributed by atoms with Crippen LogP contribution in [0.2, 0.25) is 0 Å². The molecule has 10 heteroatoms. The number of rotatable bonds is 4. The Morgan fingerprint density at radius 3 is 2.62 bits per heavy atom. The van der Waals surface area contributed by atoms with E-state index < -0.39 is 28.4 Å². The first-order valence-electron chi connectivity index (χ1n) is 7.26. The molecule has 2 aliphatic rings. The van der Waals surface area contributed by atoms with Gasteiger partial charge in [0.2, 0.25) is 10.0 Å². The number of ether oxygens (including phenoxy) is 2. The number of fused-ring (bicyclic) bond motifs is 1. The summed E-state index contributed by atoms with van der Waals surface area (Å²) in [6.07, 6.45) is 0. The Morgan fingerprint density at radius 2 is 1.96 bits per heavy atom. The van der Waals surface area contributed by atoms with E-state index in [0.29, 0.717) is 13.2 Å². The van der Waals surface area contributed by atoms with Gasteiger partial charge < -0.3 is 14.6 Å². The van der Waals surface area contributed by atoms with Crippen LogP contribution in [-0.2, 0) is 24.3 Å². The van der Waals surface area contributed by atoms with Gasteiger partial charge in [-0.05, 0) is 18.2 Å². The first-order chi connectivity index (χ1) is 11.4. The molecular weight excluding hydrogens is 340 g/mol. The number of nitrogens with zero attached hydrogens (tertiary/aromatic N) is 2. The first-order valence-corrected chi connectivity index (χ1v) is 8.70. The summed E-state index contributed by atoms with van der Waals surface area (Å²) in [5, 5.41) is 8.97. The molecule has 0 radical (unpaired) electrons. The van der Waals surface area contributed by atoms with E-state index >= 15 is 0 Å². The molecule has 2 aliphatic heterocycles. The number of carbonyl (C=O) groups excluding carboxylic acids is 1. The molecule has 0 saturated carbocycles. The van der Waals surface area contributed by atoms with Crippen molar-refractivity contribution in [1.82, 2.24) is 4.31 Å². The highest BCUT2D eigenvalue weighted by molar-refractivity contribution is 7.89. The zero-order valence-electron chi connectivity index (χ0n) is 12.7. The SMILES string of the molecule is O=C(O)CN1C(=O)COc2ccc(S(=O)(=O)N3CCOCC3)cc21. The first kappa shape index (κ1) is 16.7. The normalized spacial score (nSPS) is 18.8. The summed E-state index contributed by atoms with van der Waals surface area (Å²) in [5.74, 6) is -1.46. The summed E-state index contributed by atoms with van der Waals surface area (Å²) in [6, 6.07) is 4.10. The number of hydrogen-bond donors (Lipinski definition) is 1. The lowest BCUT2D eigenvalue weighted by Crippen LogP contribution is -2.42. The molecule has 1 amide bonds. The van der Waals surface area contributed by atoms with Crippen molar-refractivity contribution in [3.05, 3.63) is 18.2 Å². The van der Waals surface area contributed by atoms with Gasteiger partial charge in [0.15, 0.2) is 6.61 Å². The molecule has 3 rings (SSSR count). The van der Waals surface area contributed by atoms with E-state index in [1.807, 2.05) is 0 Å². The number of anilines is 1. The highest BCUT2D eigenvalue weighted by Crippen LogP contribution is 2.35. The van der Waals surface area contributed by atoms with E-state index in [2.05, 4.69) is 0 Å². The van der Waals surface area contributed by atoms with Crippen LogP contribution in [0, 0.1) is 0 Å². The summed E-state index contributed by atoms with van der Waals surface area (Å²) < 4.78 is 37.1. The van der Waals surface area contributed by atoms with Gasteiger partial charge in [0.25, 0.3) is 5.91 Å². The maximum absolute atomic E-state index is 12.7. The summed E-state index contributed by atoms with van der Waals surface area (Å²) in [4.78, 5) is 23.9. The fourth-order valence-electron chi connectivity index (χ4n) is 2.59. The summed E-state index contributed by atoms with van der Waals surface area (Å²) in [6.45, 7) is 0.279. The number of aliphatic carboxylic acids is 1. The van der Waals surface area contributed by atoms with Gasteiger partial charge in [-0.3, -0.25) is 14.5 Å². The van der Waals surface area contributed by atoms with Crippen molar-refractivity contribution < 1.29 is 32.6 Å². The second-order valence-electron chi connectivity index (χ2n) is 5.31. The monoisotopic (exact) mass is 356 g/mol. The summed E-state index contributed by atoms with van der Waals surface area (Å²) in [7, 11) is -3.75. The van der Waals surface area contributed by atoms with Crippen LogP contribution in [0.3, 0.4) is 0 Å². The van der Waals surface area contributed by atoms with Crippen molar-refractivity contribution in [2.75, 3.05) is 44.4 Å². The molecule has 0 atom stereocenters. The number of sulfonamides is 1. The van der Waals surface area contributed by atoms with Crippen LogP contribution in [0.5, 0.6) is 5.75 Å². The third kappa shape index (κ3) is 3.07. The van der Waals surface area contributed by atoms with Crippen molar-refractivity contribution in [2.24, 2.45) is 0 Å². The van der Waals surface area contributed by atoms with Gasteiger partial charge in [0.05, 0.1) is 23.8 Å². The Labute approximate surface area is 138 Å². The zero-order valence-corrected chi connectivity index (χ0v) is 13.5. The molecule has 24 heavy (non-hydrogen) atoms. The largest absolute Gasteiger partial charge is 0.482 e. The second-order valence-corrected chi connectivity index (χ2v) is 7.25. The van der Waals surface area contributed by atoms with E-state index in [1.165, 1.54) is 22.5 Å². The maximum Gasteiger partial charge on any atom is 0.323 e. The lowest BCUT2D eigenvalue weighted by molar-refractivity contribution is -0.137. The van der Waals surface area contributed by atoms with Gasteiger partial charge in [0.1, 0.15) is 12.3 Å². The lowest BCUT2D eigenvalue weighted by atomic mass is 10.2. The number of benzene rings is 1. The van der Waals surface area contributed by atoms with Crippen molar-refractivity contribution >= 4 is 27.6 Å². The standard InChI is InChI=1S/C14H16N2O7S/c17-13-9-23-12-2-1-10(7-11(12)16(13)8-14(18)19)24(20,21)15-3-5-22-6-4-15/h1-2,7H,3-6,8-9H2,(H,18,19). The predicted molar refractivity (Wildman–Crippen MR) is 81.5 cm³/mol. The summed E-state index contributed by atoms with van der Waals surface area (Å²) in [5.41, 5.74) is 0.142.